The summed E-state index contributed by atoms with van der Waals surface area (Å²) in [6.45, 7) is -2.26. The highest BCUT2D eigenvalue weighted by Crippen LogP contribution is 2.32. The van der Waals surface area contributed by atoms with Gasteiger partial charge in [-0.3, -0.25) is 0 Å². The van der Waals surface area contributed by atoms with E-state index < -0.39 is 112 Å². The smallest absolute Gasteiger partial charge is 0.229 e. The summed E-state index contributed by atoms with van der Waals surface area (Å²) < 4.78 is 33.0. The zero-order valence-electron chi connectivity index (χ0n) is 21.1. The lowest BCUT2D eigenvalue weighted by molar-refractivity contribution is -0.376. The molecule has 0 amide bonds. The molecule has 0 aromatic heterocycles. The number of ether oxygens (including phenoxy) is 6. The van der Waals surface area contributed by atoms with E-state index in [-0.39, 0.29) is 0 Å². The Labute approximate surface area is 228 Å². The number of para-hydroxylation sites is 1. The Morgan fingerprint density at radius 2 is 0.925 bits per heavy atom. The van der Waals surface area contributed by atoms with Crippen LogP contribution < -0.4 is 4.74 Å². The normalized spacial score (nSPS) is 46.2. The van der Waals surface area contributed by atoms with Gasteiger partial charge in [-0.25, -0.2) is 0 Å². The van der Waals surface area contributed by atoms with Crippen molar-refractivity contribution >= 4 is 0 Å². The summed E-state index contributed by atoms with van der Waals surface area (Å²) in [5.74, 6) is 0.320. The first kappa shape index (κ1) is 31.4. The average Bonchev–Trinajstić information content (AvgIpc) is 2.96. The Morgan fingerprint density at radius 3 is 1.43 bits per heavy atom. The molecular weight excluding hydrogens is 544 g/mol. The molecule has 40 heavy (non-hydrogen) atoms. The molecule has 0 radical (unpaired) electrons. The van der Waals surface area contributed by atoms with Crippen molar-refractivity contribution in [2.45, 2.75) is 92.1 Å². The molecule has 3 aliphatic rings. The Kier molecular flexibility index (Phi) is 10.7. The van der Waals surface area contributed by atoms with Crippen molar-refractivity contribution in [3.05, 3.63) is 30.3 Å². The van der Waals surface area contributed by atoms with E-state index in [0.717, 1.165) is 0 Å². The van der Waals surface area contributed by atoms with Crippen LogP contribution in [-0.2, 0) is 23.7 Å². The number of aliphatic hydroxyl groups excluding tert-OH is 10. The van der Waals surface area contributed by atoms with Crippen LogP contribution in [0.5, 0.6) is 5.75 Å². The molecule has 10 N–H and O–H groups in total. The first-order chi connectivity index (χ1) is 19.1. The van der Waals surface area contributed by atoms with Gasteiger partial charge in [-0.2, -0.15) is 0 Å². The maximum Gasteiger partial charge on any atom is 0.229 e. The number of aliphatic hydroxyl groups is 10. The van der Waals surface area contributed by atoms with E-state index in [1.165, 1.54) is 0 Å². The summed E-state index contributed by atoms with van der Waals surface area (Å²) in [5, 5.41) is 102. The molecule has 0 aliphatic carbocycles. The Balaban J connectivity index is 1.43. The quantitative estimate of drug-likeness (QED) is 0.131. The fourth-order valence-corrected chi connectivity index (χ4v) is 4.77. The Morgan fingerprint density at radius 1 is 0.500 bits per heavy atom. The van der Waals surface area contributed by atoms with Gasteiger partial charge in [0.25, 0.3) is 0 Å². The van der Waals surface area contributed by atoms with Gasteiger partial charge < -0.3 is 79.5 Å². The van der Waals surface area contributed by atoms with Gasteiger partial charge in [0, 0.05) is 0 Å². The number of rotatable bonds is 9. The van der Waals surface area contributed by atoms with Gasteiger partial charge in [-0.1, -0.05) is 18.2 Å². The van der Waals surface area contributed by atoms with Crippen LogP contribution in [0.1, 0.15) is 0 Å². The monoisotopic (exact) mass is 580 g/mol. The van der Waals surface area contributed by atoms with E-state index in [1.807, 2.05) is 0 Å². The van der Waals surface area contributed by atoms with Gasteiger partial charge in [0.2, 0.25) is 6.29 Å². The number of hydrogen-bond donors (Lipinski definition) is 10. The average molecular weight is 581 g/mol. The highest BCUT2D eigenvalue weighted by molar-refractivity contribution is 5.21. The van der Waals surface area contributed by atoms with Gasteiger partial charge in [0.15, 0.2) is 12.6 Å². The van der Waals surface area contributed by atoms with E-state index in [2.05, 4.69) is 0 Å². The van der Waals surface area contributed by atoms with E-state index in [0.29, 0.717) is 5.75 Å². The zero-order chi connectivity index (χ0) is 29.1. The molecule has 3 saturated heterocycles. The molecular formula is C24H36O16. The fraction of sp³-hybridized carbons (Fsp3) is 0.750. The van der Waals surface area contributed by atoms with Crippen molar-refractivity contribution < 1.29 is 79.5 Å². The summed E-state index contributed by atoms with van der Waals surface area (Å²) in [4.78, 5) is 0. The van der Waals surface area contributed by atoms with Crippen molar-refractivity contribution in [2.24, 2.45) is 0 Å². The minimum atomic E-state index is -1.90. The molecule has 4 rings (SSSR count). The molecule has 3 aliphatic heterocycles. The molecule has 0 saturated carbocycles. The van der Waals surface area contributed by atoms with Crippen LogP contribution in [0, 0.1) is 0 Å². The van der Waals surface area contributed by atoms with Crippen LogP contribution in [0.2, 0.25) is 0 Å². The zero-order valence-corrected chi connectivity index (χ0v) is 21.1. The summed E-state index contributed by atoms with van der Waals surface area (Å²) in [6, 6.07) is 8.27. The van der Waals surface area contributed by atoms with E-state index in [4.69, 9.17) is 28.4 Å². The van der Waals surface area contributed by atoms with Gasteiger partial charge in [-0.05, 0) is 12.1 Å². The molecule has 0 spiro atoms. The van der Waals surface area contributed by atoms with Crippen molar-refractivity contribution in [2.75, 3.05) is 19.8 Å². The summed E-state index contributed by atoms with van der Waals surface area (Å²) in [6.07, 6.45) is -24.4. The Bertz CT molecular complexity index is 904. The maximum absolute atomic E-state index is 10.8. The van der Waals surface area contributed by atoms with Crippen LogP contribution in [0.25, 0.3) is 0 Å². The lowest BCUT2D eigenvalue weighted by Crippen LogP contribution is -2.66. The van der Waals surface area contributed by atoms with E-state index >= 15 is 0 Å². The SMILES string of the molecule is OC[C@H]1O[C@@H](O[C@H]2[C@H](O)[C@@H](O)[C@H](O[C@H]3[C@H](O)[C@@H](O)[C@H](Oc4ccccc4)O[C@@H]3CO)O[C@@H]2CO)[C@H](O)[C@@H](O)[C@H]1O. The summed E-state index contributed by atoms with van der Waals surface area (Å²) in [7, 11) is 0. The maximum atomic E-state index is 10.8. The molecule has 15 atom stereocenters. The molecule has 3 fully saturated rings. The predicted molar refractivity (Wildman–Crippen MR) is 126 cm³/mol. The molecule has 1 aromatic carbocycles. The largest absolute Gasteiger partial charge is 0.462 e. The molecule has 16 heteroatoms. The molecule has 228 valence electrons. The van der Waals surface area contributed by atoms with Crippen LogP contribution in [0.3, 0.4) is 0 Å². The third kappa shape index (κ3) is 6.41. The first-order valence-electron chi connectivity index (χ1n) is 12.7. The molecule has 0 unspecified atom stereocenters. The van der Waals surface area contributed by atoms with Crippen LogP contribution >= 0.6 is 0 Å². The molecule has 0 bridgehead atoms. The second kappa shape index (κ2) is 13.6. The number of benzene rings is 1. The highest BCUT2D eigenvalue weighted by atomic mass is 16.8. The highest BCUT2D eigenvalue weighted by Gasteiger charge is 2.53. The molecule has 16 nitrogen and oxygen atoms in total. The van der Waals surface area contributed by atoms with Crippen LogP contribution in [0.4, 0.5) is 0 Å². The second-order valence-corrected chi connectivity index (χ2v) is 9.74. The number of hydrogen-bond acceptors (Lipinski definition) is 16. The van der Waals surface area contributed by atoms with Gasteiger partial charge in [0.1, 0.15) is 79.0 Å². The predicted octanol–water partition coefficient (Wildman–Crippen LogP) is -5.49. The van der Waals surface area contributed by atoms with Crippen molar-refractivity contribution in [1.82, 2.24) is 0 Å². The molecule has 1 aromatic rings. The summed E-state index contributed by atoms with van der Waals surface area (Å²) >= 11 is 0. The minimum absolute atomic E-state index is 0.320. The van der Waals surface area contributed by atoms with Crippen molar-refractivity contribution in [3.63, 3.8) is 0 Å². The topological polar surface area (TPSA) is 258 Å². The van der Waals surface area contributed by atoms with Crippen LogP contribution in [0.15, 0.2) is 30.3 Å². The second-order valence-electron chi connectivity index (χ2n) is 9.74. The van der Waals surface area contributed by atoms with E-state index in [1.54, 1.807) is 30.3 Å². The minimum Gasteiger partial charge on any atom is -0.462 e. The van der Waals surface area contributed by atoms with Crippen molar-refractivity contribution in [1.29, 1.82) is 0 Å². The van der Waals surface area contributed by atoms with Crippen molar-refractivity contribution in [3.8, 4) is 5.75 Å². The first-order valence-corrected chi connectivity index (χ1v) is 12.7. The lowest BCUT2D eigenvalue weighted by atomic mass is 9.96. The fourth-order valence-electron chi connectivity index (χ4n) is 4.77. The standard InChI is InChI=1S/C24H36O16/c25-6-10-13(28)14(29)17(32)23(36-10)39-21-12(8-27)38-24(19(34)16(21)31)40-20-11(7-26)37-22(18(33)15(20)30)35-9-4-2-1-3-5-9/h1-5,10-34H,6-8H2/t10-,11-,12-,13+,14+,15-,16-,17-,18-,19-,20-,21-,22-,23+,24+/m1/s1. The van der Waals surface area contributed by atoms with E-state index in [9.17, 15) is 51.1 Å². The Hall–Kier alpha value is -1.58. The molecule has 3 heterocycles. The lowest BCUT2D eigenvalue weighted by Gasteiger charge is -2.48. The van der Waals surface area contributed by atoms with Gasteiger partial charge >= 0.3 is 0 Å². The third-order valence-corrected chi connectivity index (χ3v) is 7.07. The van der Waals surface area contributed by atoms with Gasteiger partial charge in [-0.15, -0.1) is 0 Å². The summed E-state index contributed by atoms with van der Waals surface area (Å²) in [5.41, 5.74) is 0. The van der Waals surface area contributed by atoms with Crippen LogP contribution in [-0.4, -0.2) is 163 Å². The third-order valence-electron chi connectivity index (χ3n) is 7.07. The van der Waals surface area contributed by atoms with Gasteiger partial charge in [0.05, 0.1) is 19.8 Å².